The normalized spacial score (nSPS) is 12.7. The molecule has 1 nitrogen and oxygen atoms in total. The zero-order valence-electron chi connectivity index (χ0n) is 33.1. The minimum absolute atomic E-state index is 0.165. The van der Waals surface area contributed by atoms with Crippen molar-refractivity contribution < 1.29 is 0 Å². The summed E-state index contributed by atoms with van der Waals surface area (Å²) in [6.07, 6.45) is 0. The van der Waals surface area contributed by atoms with Crippen LogP contribution in [-0.4, -0.2) is 0 Å². The van der Waals surface area contributed by atoms with E-state index >= 15 is 0 Å². The summed E-state index contributed by atoms with van der Waals surface area (Å²) < 4.78 is 2.66. The quantitative estimate of drug-likeness (QED) is 0.156. The van der Waals surface area contributed by atoms with Gasteiger partial charge in [-0.2, -0.15) is 0 Å². The number of hydrogen-bond donors (Lipinski definition) is 0. The van der Waals surface area contributed by atoms with Crippen LogP contribution in [0.3, 0.4) is 0 Å². The maximum atomic E-state index is 2.43. The van der Waals surface area contributed by atoms with Crippen molar-refractivity contribution in [2.45, 2.75) is 19.3 Å². The highest BCUT2D eigenvalue weighted by molar-refractivity contribution is 7.25. The van der Waals surface area contributed by atoms with Crippen LogP contribution in [0.2, 0.25) is 0 Å². The van der Waals surface area contributed by atoms with E-state index in [4.69, 9.17) is 0 Å². The average Bonchev–Trinajstić information content (AvgIpc) is 3.78. The molecule has 0 bridgehead atoms. The molecule has 1 aliphatic rings. The van der Waals surface area contributed by atoms with Gasteiger partial charge in [0.05, 0.1) is 0 Å². The van der Waals surface area contributed by atoms with Crippen LogP contribution in [-0.2, 0) is 5.41 Å². The van der Waals surface area contributed by atoms with Gasteiger partial charge in [0.25, 0.3) is 0 Å². The number of fused-ring (bicyclic) bond motifs is 6. The molecule has 0 spiro atoms. The number of benzene rings is 9. The van der Waals surface area contributed by atoms with Gasteiger partial charge in [-0.25, -0.2) is 0 Å². The Morgan fingerprint density at radius 2 is 0.729 bits per heavy atom. The highest BCUT2D eigenvalue weighted by Crippen LogP contribution is 2.52. The maximum Gasteiger partial charge on any atom is 0.0465 e. The summed E-state index contributed by atoms with van der Waals surface area (Å²) >= 11 is 1.86. The Labute approximate surface area is 350 Å². The highest BCUT2D eigenvalue weighted by atomic mass is 32.1. The summed E-state index contributed by atoms with van der Waals surface area (Å²) in [5, 5.41) is 2.65. The Balaban J connectivity index is 0.977. The van der Waals surface area contributed by atoms with Gasteiger partial charge >= 0.3 is 0 Å². The van der Waals surface area contributed by atoms with Crippen LogP contribution >= 0.6 is 11.3 Å². The average molecular weight is 772 g/mol. The van der Waals surface area contributed by atoms with E-state index in [1.54, 1.807) is 0 Å². The third-order valence-electron chi connectivity index (χ3n) is 12.3. The molecule has 10 aromatic rings. The van der Waals surface area contributed by atoms with Gasteiger partial charge in [-0.15, -0.1) is 11.3 Å². The highest BCUT2D eigenvalue weighted by Gasteiger charge is 2.36. The topological polar surface area (TPSA) is 3.24 Å². The van der Waals surface area contributed by atoms with Crippen molar-refractivity contribution in [3.8, 4) is 55.6 Å². The van der Waals surface area contributed by atoms with Crippen molar-refractivity contribution >= 4 is 48.6 Å². The van der Waals surface area contributed by atoms with Crippen molar-refractivity contribution in [1.82, 2.24) is 0 Å². The molecule has 0 N–H and O–H groups in total. The van der Waals surface area contributed by atoms with E-state index in [-0.39, 0.29) is 5.41 Å². The van der Waals surface area contributed by atoms with Crippen LogP contribution in [0.5, 0.6) is 0 Å². The van der Waals surface area contributed by atoms with E-state index in [0.29, 0.717) is 0 Å². The van der Waals surface area contributed by atoms with Crippen molar-refractivity contribution in [3.05, 3.63) is 223 Å². The first-order valence-corrected chi connectivity index (χ1v) is 21.2. The van der Waals surface area contributed by atoms with Crippen molar-refractivity contribution in [2.75, 3.05) is 4.90 Å². The third kappa shape index (κ3) is 6.16. The fourth-order valence-electron chi connectivity index (χ4n) is 9.12. The van der Waals surface area contributed by atoms with E-state index in [0.717, 1.165) is 17.1 Å². The number of anilines is 3. The van der Waals surface area contributed by atoms with Gasteiger partial charge in [-0.3, -0.25) is 0 Å². The minimum Gasteiger partial charge on any atom is -0.310 e. The largest absolute Gasteiger partial charge is 0.310 e. The second kappa shape index (κ2) is 14.1. The van der Waals surface area contributed by atoms with Crippen LogP contribution < -0.4 is 4.90 Å². The number of rotatable bonds is 7. The predicted octanol–water partition coefficient (Wildman–Crippen LogP) is 16.5. The van der Waals surface area contributed by atoms with Crippen LogP contribution in [0.15, 0.2) is 212 Å². The van der Waals surface area contributed by atoms with E-state index < -0.39 is 0 Å². The Bertz CT molecular complexity index is 3140. The second-order valence-corrected chi connectivity index (χ2v) is 17.2. The molecule has 0 amide bonds. The standard InChI is InChI=1S/C57H41NS/c1-57(2)53-36-45(39-13-7-4-8-14-39)25-32-49(53)50-33-31-48(37-54(50)57)58(46-27-21-42(22-28-46)41-19-17-40(18-20-41)38-11-5-3-6-12-38)47-29-23-43(24-30-47)44-26-34-56-52(35-44)51-15-9-10-16-55(51)59-56/h3-37H,1-2H3. The van der Waals surface area contributed by atoms with Crippen molar-refractivity contribution in [3.63, 3.8) is 0 Å². The molecule has 1 heterocycles. The molecule has 0 aliphatic heterocycles. The minimum atomic E-state index is -0.165. The van der Waals surface area contributed by atoms with Gasteiger partial charge < -0.3 is 4.90 Å². The van der Waals surface area contributed by atoms with Gasteiger partial charge in [0.2, 0.25) is 0 Å². The van der Waals surface area contributed by atoms with Gasteiger partial charge in [0, 0.05) is 42.6 Å². The van der Waals surface area contributed by atoms with Crippen LogP contribution in [0, 0.1) is 0 Å². The molecule has 1 aromatic heterocycles. The maximum absolute atomic E-state index is 2.43. The van der Waals surface area contributed by atoms with Gasteiger partial charge in [0.1, 0.15) is 0 Å². The molecule has 9 aromatic carbocycles. The SMILES string of the molecule is CC1(C)c2cc(-c3ccccc3)ccc2-c2ccc(N(c3ccc(-c4ccc(-c5ccccc5)cc4)cc3)c3ccc(-c4ccc5sc6ccccc6c5c4)cc3)cc21. The van der Waals surface area contributed by atoms with E-state index in [9.17, 15) is 0 Å². The summed E-state index contributed by atoms with van der Waals surface area (Å²) in [6.45, 7) is 4.75. The Hall–Kier alpha value is -7.00. The van der Waals surface area contributed by atoms with Crippen molar-refractivity contribution in [2.24, 2.45) is 0 Å². The summed E-state index contributed by atoms with van der Waals surface area (Å²) in [7, 11) is 0. The van der Waals surface area contributed by atoms with E-state index in [1.807, 2.05) is 11.3 Å². The lowest BCUT2D eigenvalue weighted by molar-refractivity contribution is 0.660. The molecule has 0 atom stereocenters. The summed E-state index contributed by atoms with van der Waals surface area (Å²) in [5.74, 6) is 0. The molecule has 0 fully saturated rings. The molecule has 0 radical (unpaired) electrons. The zero-order chi connectivity index (χ0) is 39.5. The molecule has 0 saturated carbocycles. The van der Waals surface area contributed by atoms with Gasteiger partial charge in [-0.1, -0.05) is 166 Å². The number of thiophene rings is 1. The molecule has 0 unspecified atom stereocenters. The third-order valence-corrected chi connectivity index (χ3v) is 13.5. The monoisotopic (exact) mass is 771 g/mol. The molecule has 280 valence electrons. The smallest absolute Gasteiger partial charge is 0.0465 e. The first-order chi connectivity index (χ1) is 29.0. The first-order valence-electron chi connectivity index (χ1n) is 20.4. The van der Waals surface area contributed by atoms with E-state index in [2.05, 4.69) is 231 Å². The summed E-state index contributed by atoms with van der Waals surface area (Å²) in [4.78, 5) is 2.41. The van der Waals surface area contributed by atoms with Gasteiger partial charge in [-0.05, 0) is 127 Å². The Morgan fingerprint density at radius 3 is 1.36 bits per heavy atom. The number of hydrogen-bond acceptors (Lipinski definition) is 2. The fourth-order valence-corrected chi connectivity index (χ4v) is 10.2. The van der Waals surface area contributed by atoms with Crippen LogP contribution in [0.25, 0.3) is 75.8 Å². The molecular formula is C57H41NS. The summed E-state index contributed by atoms with van der Waals surface area (Å²) in [6, 6.07) is 78.0. The lowest BCUT2D eigenvalue weighted by Gasteiger charge is -2.28. The molecule has 1 aliphatic carbocycles. The lowest BCUT2D eigenvalue weighted by atomic mass is 9.81. The van der Waals surface area contributed by atoms with Crippen molar-refractivity contribution in [1.29, 1.82) is 0 Å². The lowest BCUT2D eigenvalue weighted by Crippen LogP contribution is -2.16. The molecular weight excluding hydrogens is 731 g/mol. The Kier molecular flexibility index (Phi) is 8.43. The summed E-state index contributed by atoms with van der Waals surface area (Å²) in [5.41, 5.74) is 18.4. The first kappa shape index (κ1) is 35.2. The van der Waals surface area contributed by atoms with Crippen LogP contribution in [0.4, 0.5) is 17.1 Å². The number of nitrogens with zero attached hydrogens (tertiary/aromatic N) is 1. The molecule has 59 heavy (non-hydrogen) atoms. The zero-order valence-corrected chi connectivity index (χ0v) is 33.9. The fraction of sp³-hybridized carbons (Fsp3) is 0.0526. The van der Waals surface area contributed by atoms with E-state index in [1.165, 1.54) is 86.9 Å². The molecule has 0 saturated heterocycles. The Morgan fingerprint density at radius 1 is 0.322 bits per heavy atom. The second-order valence-electron chi connectivity index (χ2n) is 16.2. The van der Waals surface area contributed by atoms with Crippen LogP contribution in [0.1, 0.15) is 25.0 Å². The molecule has 11 rings (SSSR count). The van der Waals surface area contributed by atoms with Gasteiger partial charge in [0.15, 0.2) is 0 Å². The predicted molar refractivity (Wildman–Crippen MR) is 253 cm³/mol. The molecule has 2 heteroatoms.